The summed E-state index contributed by atoms with van der Waals surface area (Å²) in [6.07, 6.45) is 4.09. The second-order valence-corrected chi connectivity index (χ2v) is 5.35. The van der Waals surface area contributed by atoms with Gasteiger partial charge in [0, 0.05) is 25.1 Å². The van der Waals surface area contributed by atoms with Crippen molar-refractivity contribution in [1.29, 1.82) is 0 Å². The number of nitrogens with one attached hydrogen (secondary N) is 2. The Hall–Kier alpha value is -1.56. The van der Waals surface area contributed by atoms with Crippen molar-refractivity contribution in [2.45, 2.75) is 58.1 Å². The minimum absolute atomic E-state index is 0.268. The maximum Gasteiger partial charge on any atom is 0.315 e. The fraction of sp³-hybridized carbons (Fsp3) is 0.714. The van der Waals surface area contributed by atoms with Gasteiger partial charge < -0.3 is 20.3 Å². The molecular formula is C14H23N3O3. The summed E-state index contributed by atoms with van der Waals surface area (Å²) in [4.78, 5) is 11.7. The van der Waals surface area contributed by atoms with Gasteiger partial charge in [-0.25, -0.2) is 4.79 Å². The molecule has 6 nitrogen and oxygen atoms in total. The Morgan fingerprint density at radius 2 is 2.10 bits per heavy atom. The molecule has 0 unspecified atom stereocenters. The van der Waals surface area contributed by atoms with Crippen molar-refractivity contribution < 1.29 is 14.4 Å². The van der Waals surface area contributed by atoms with Crippen molar-refractivity contribution in [2.75, 3.05) is 6.54 Å². The van der Waals surface area contributed by atoms with Crippen molar-refractivity contribution in [2.24, 2.45) is 0 Å². The maximum atomic E-state index is 11.7. The van der Waals surface area contributed by atoms with Crippen LogP contribution in [0.25, 0.3) is 0 Å². The van der Waals surface area contributed by atoms with Crippen LogP contribution in [-0.4, -0.2) is 28.4 Å². The molecule has 0 aromatic carbocycles. The largest absolute Gasteiger partial charge is 0.388 e. The summed E-state index contributed by atoms with van der Waals surface area (Å²) in [5.74, 6) is 0.819. The van der Waals surface area contributed by atoms with Gasteiger partial charge in [-0.05, 0) is 25.7 Å². The highest BCUT2D eigenvalue weighted by molar-refractivity contribution is 5.74. The van der Waals surface area contributed by atoms with Crippen LogP contribution in [0.5, 0.6) is 0 Å². The van der Waals surface area contributed by atoms with E-state index in [-0.39, 0.29) is 6.03 Å². The van der Waals surface area contributed by atoms with E-state index >= 15 is 0 Å². The average Bonchev–Trinajstić information content (AvgIpc) is 2.82. The Labute approximate surface area is 118 Å². The molecule has 1 aliphatic carbocycles. The van der Waals surface area contributed by atoms with Crippen molar-refractivity contribution in [3.63, 3.8) is 0 Å². The lowest BCUT2D eigenvalue weighted by atomic mass is 9.80. The summed E-state index contributed by atoms with van der Waals surface area (Å²) >= 11 is 0. The van der Waals surface area contributed by atoms with E-state index in [0.717, 1.165) is 49.1 Å². The van der Waals surface area contributed by atoms with Crippen LogP contribution in [-0.2, 0) is 19.4 Å². The molecule has 1 aliphatic rings. The van der Waals surface area contributed by atoms with Gasteiger partial charge in [-0.1, -0.05) is 19.0 Å². The molecule has 0 spiro atoms. The molecule has 2 amide bonds. The van der Waals surface area contributed by atoms with E-state index in [1.807, 2.05) is 13.8 Å². The van der Waals surface area contributed by atoms with E-state index in [4.69, 9.17) is 4.52 Å². The van der Waals surface area contributed by atoms with Gasteiger partial charge in [0.25, 0.3) is 0 Å². The van der Waals surface area contributed by atoms with Gasteiger partial charge in [0.1, 0.15) is 5.76 Å². The van der Waals surface area contributed by atoms with Gasteiger partial charge in [-0.2, -0.15) is 0 Å². The predicted molar refractivity (Wildman–Crippen MR) is 74.3 cm³/mol. The van der Waals surface area contributed by atoms with Crippen molar-refractivity contribution in [3.8, 4) is 0 Å². The number of urea groups is 1. The molecular weight excluding hydrogens is 258 g/mol. The van der Waals surface area contributed by atoms with Crippen LogP contribution in [0.15, 0.2) is 4.52 Å². The third kappa shape index (κ3) is 3.30. The second kappa shape index (κ2) is 6.26. The number of aliphatic hydroxyl groups is 1. The highest BCUT2D eigenvalue weighted by atomic mass is 16.5. The number of amides is 2. The molecule has 0 aliphatic heterocycles. The number of aromatic nitrogens is 1. The number of rotatable bonds is 6. The van der Waals surface area contributed by atoms with Crippen molar-refractivity contribution in [1.82, 2.24) is 15.8 Å². The second-order valence-electron chi connectivity index (χ2n) is 5.35. The number of carbonyl (C=O) groups excluding carboxylic acids is 1. The van der Waals surface area contributed by atoms with Gasteiger partial charge in [-0.15, -0.1) is 0 Å². The first-order chi connectivity index (χ1) is 9.58. The standard InChI is InChI=1S/C14H23N3O3/c1-3-11-10(12(4-2)20-17-11)8-15-13(18)16-9-14(19)6-5-7-14/h19H,3-9H2,1-2H3,(H2,15,16,18). The molecule has 1 aromatic rings. The molecule has 6 heteroatoms. The van der Waals surface area contributed by atoms with E-state index in [9.17, 15) is 9.90 Å². The summed E-state index contributed by atoms with van der Waals surface area (Å²) in [5.41, 5.74) is 1.16. The molecule has 0 bridgehead atoms. The molecule has 0 atom stereocenters. The number of hydrogen-bond acceptors (Lipinski definition) is 4. The zero-order valence-corrected chi connectivity index (χ0v) is 12.2. The fourth-order valence-corrected chi connectivity index (χ4v) is 2.38. The van der Waals surface area contributed by atoms with Crippen molar-refractivity contribution in [3.05, 3.63) is 17.0 Å². The highest BCUT2D eigenvalue weighted by Gasteiger charge is 2.34. The minimum Gasteiger partial charge on any atom is -0.388 e. The molecule has 1 heterocycles. The molecule has 0 saturated heterocycles. The van der Waals surface area contributed by atoms with E-state index < -0.39 is 5.60 Å². The summed E-state index contributed by atoms with van der Waals surface area (Å²) in [7, 11) is 0. The van der Waals surface area contributed by atoms with E-state index in [1.54, 1.807) is 0 Å². The van der Waals surface area contributed by atoms with Gasteiger partial charge in [0.05, 0.1) is 11.3 Å². The molecule has 3 N–H and O–H groups in total. The van der Waals surface area contributed by atoms with E-state index in [1.165, 1.54) is 0 Å². The van der Waals surface area contributed by atoms with Crippen LogP contribution >= 0.6 is 0 Å². The van der Waals surface area contributed by atoms with Crippen LogP contribution in [0, 0.1) is 0 Å². The number of aryl methyl sites for hydroxylation is 2. The number of carbonyl (C=O) groups is 1. The summed E-state index contributed by atoms with van der Waals surface area (Å²) in [5, 5.41) is 19.4. The van der Waals surface area contributed by atoms with Crippen molar-refractivity contribution >= 4 is 6.03 Å². The lowest BCUT2D eigenvalue weighted by Gasteiger charge is -2.36. The Kier molecular flexibility index (Phi) is 4.65. The third-order valence-electron chi connectivity index (χ3n) is 3.89. The third-order valence-corrected chi connectivity index (χ3v) is 3.89. The van der Waals surface area contributed by atoms with Gasteiger partial charge >= 0.3 is 6.03 Å². The zero-order valence-electron chi connectivity index (χ0n) is 12.2. The van der Waals surface area contributed by atoms with Crippen LogP contribution in [0.3, 0.4) is 0 Å². The molecule has 112 valence electrons. The first-order valence-corrected chi connectivity index (χ1v) is 7.28. The Bertz CT molecular complexity index is 445. The van der Waals surface area contributed by atoms with E-state index in [0.29, 0.717) is 13.1 Å². The Morgan fingerprint density at radius 3 is 2.65 bits per heavy atom. The fourth-order valence-electron chi connectivity index (χ4n) is 2.38. The van der Waals surface area contributed by atoms with Crippen LogP contribution in [0.4, 0.5) is 4.79 Å². The molecule has 1 aromatic heterocycles. The van der Waals surface area contributed by atoms with Crippen LogP contribution < -0.4 is 10.6 Å². The van der Waals surface area contributed by atoms with Gasteiger partial charge in [-0.3, -0.25) is 0 Å². The lowest BCUT2D eigenvalue weighted by molar-refractivity contribution is -0.0290. The topological polar surface area (TPSA) is 87.4 Å². The molecule has 1 fully saturated rings. The quantitative estimate of drug-likeness (QED) is 0.737. The maximum absolute atomic E-state index is 11.7. The summed E-state index contributed by atoms with van der Waals surface area (Å²) in [6, 6.07) is -0.268. The number of nitrogens with zero attached hydrogens (tertiary/aromatic N) is 1. The Morgan fingerprint density at radius 1 is 1.35 bits per heavy atom. The summed E-state index contributed by atoms with van der Waals surface area (Å²) in [6.45, 7) is 4.71. The number of hydrogen-bond donors (Lipinski definition) is 3. The Balaban J connectivity index is 1.82. The molecule has 2 rings (SSSR count). The first-order valence-electron chi connectivity index (χ1n) is 7.28. The first kappa shape index (κ1) is 14.8. The SMILES string of the molecule is CCc1noc(CC)c1CNC(=O)NCC1(O)CCC1. The molecule has 1 saturated carbocycles. The average molecular weight is 281 g/mol. The monoisotopic (exact) mass is 281 g/mol. The normalized spacial score (nSPS) is 16.6. The predicted octanol–water partition coefficient (Wildman–Crippen LogP) is 1.51. The zero-order chi connectivity index (χ0) is 14.6. The van der Waals surface area contributed by atoms with E-state index in [2.05, 4.69) is 15.8 Å². The minimum atomic E-state index is -0.697. The smallest absolute Gasteiger partial charge is 0.315 e. The molecule has 0 radical (unpaired) electrons. The molecule has 20 heavy (non-hydrogen) atoms. The summed E-state index contributed by atoms with van der Waals surface area (Å²) < 4.78 is 5.25. The van der Waals surface area contributed by atoms with Crippen LogP contribution in [0.2, 0.25) is 0 Å². The highest BCUT2D eigenvalue weighted by Crippen LogP contribution is 2.30. The lowest BCUT2D eigenvalue weighted by Crippen LogP contribution is -2.50. The van der Waals surface area contributed by atoms with Crippen LogP contribution in [0.1, 0.15) is 50.1 Å². The van der Waals surface area contributed by atoms with Gasteiger partial charge in [0.2, 0.25) is 0 Å². The van der Waals surface area contributed by atoms with Gasteiger partial charge in [0.15, 0.2) is 0 Å².